The molecule has 0 radical (unpaired) electrons. The second-order valence-electron chi connectivity index (χ2n) is 22.1. The molecule has 396 valence electrons. The lowest BCUT2D eigenvalue weighted by molar-refractivity contribution is 0.0483. The Kier molecular flexibility index (Phi) is 15.5. The fourth-order valence-corrected chi connectivity index (χ4v) is 9.49. The average Bonchev–Trinajstić information content (AvgIpc) is 4.01. The van der Waals surface area contributed by atoms with E-state index in [0.29, 0.717) is 64.3 Å². The maximum Gasteiger partial charge on any atom is 0.371 e. The fourth-order valence-electron chi connectivity index (χ4n) is 9.25. The van der Waals surface area contributed by atoms with E-state index in [1.165, 1.54) is 30.3 Å². The summed E-state index contributed by atoms with van der Waals surface area (Å²) in [5.74, 6) is -0.331. The molecular formula is C58H66Cl2F2N8O5. The number of fused-ring (bicyclic) bond motifs is 2. The highest BCUT2D eigenvalue weighted by atomic mass is 35.5. The number of rotatable bonds is 6. The summed E-state index contributed by atoms with van der Waals surface area (Å²) in [7, 11) is 0. The monoisotopic (exact) mass is 1060 g/mol. The van der Waals surface area contributed by atoms with Crippen LogP contribution in [-0.4, -0.2) is 92.2 Å². The highest BCUT2D eigenvalue weighted by Gasteiger charge is 2.39. The Balaban J connectivity index is 0.000000205. The average molecular weight is 1060 g/mol. The number of pyridine rings is 4. The van der Waals surface area contributed by atoms with Gasteiger partial charge in [-0.25, -0.2) is 33.5 Å². The molecule has 2 aliphatic rings. The van der Waals surface area contributed by atoms with Gasteiger partial charge in [0.05, 0.1) is 27.0 Å². The van der Waals surface area contributed by atoms with E-state index in [1.807, 2.05) is 68.3 Å². The van der Waals surface area contributed by atoms with Gasteiger partial charge in [-0.15, -0.1) is 0 Å². The Morgan fingerprint density at radius 1 is 0.653 bits per heavy atom. The lowest BCUT2D eigenvalue weighted by Gasteiger charge is -2.47. The van der Waals surface area contributed by atoms with E-state index >= 15 is 0 Å². The van der Waals surface area contributed by atoms with Crippen molar-refractivity contribution in [2.24, 2.45) is 0 Å². The first-order chi connectivity index (χ1) is 35.3. The third-order valence-corrected chi connectivity index (χ3v) is 13.7. The van der Waals surface area contributed by atoms with E-state index in [0.717, 1.165) is 42.4 Å². The number of carbonyl (C=O) groups excluding carboxylic acids is 1. The zero-order chi connectivity index (χ0) is 54.2. The molecule has 17 heteroatoms. The van der Waals surface area contributed by atoms with Gasteiger partial charge in [0.15, 0.2) is 16.9 Å². The van der Waals surface area contributed by atoms with Crippen molar-refractivity contribution in [1.82, 2.24) is 30.2 Å². The van der Waals surface area contributed by atoms with Crippen LogP contribution in [0.4, 0.5) is 20.4 Å². The molecule has 0 bridgehead atoms. The van der Waals surface area contributed by atoms with E-state index in [2.05, 4.69) is 84.6 Å². The molecule has 2 aliphatic heterocycles. The van der Waals surface area contributed by atoms with Crippen LogP contribution in [0.15, 0.2) is 118 Å². The molecule has 0 spiro atoms. The van der Waals surface area contributed by atoms with Gasteiger partial charge < -0.3 is 34.0 Å². The van der Waals surface area contributed by atoms with Crippen LogP contribution < -0.4 is 15.1 Å². The minimum Gasteiger partial charge on any atom is -0.475 e. The normalized spacial score (nSPS) is 15.5. The van der Waals surface area contributed by atoms with Crippen LogP contribution in [0, 0.1) is 11.6 Å². The van der Waals surface area contributed by atoms with Gasteiger partial charge in [-0.05, 0) is 99.2 Å². The lowest BCUT2D eigenvalue weighted by Crippen LogP contribution is -2.61. The lowest BCUT2D eigenvalue weighted by atomic mass is 9.86. The molecule has 0 saturated carbocycles. The van der Waals surface area contributed by atoms with Gasteiger partial charge in [-0.2, -0.15) is 0 Å². The summed E-state index contributed by atoms with van der Waals surface area (Å²) in [6.07, 6.45) is 3.63. The predicted molar refractivity (Wildman–Crippen MR) is 298 cm³/mol. The second kappa shape index (κ2) is 21.4. The quantitative estimate of drug-likeness (QED) is 0.163. The molecule has 2 N–H and O–H groups in total. The first kappa shape index (κ1) is 54.3. The van der Waals surface area contributed by atoms with Crippen LogP contribution in [-0.2, 0) is 10.8 Å². The van der Waals surface area contributed by atoms with Crippen LogP contribution >= 0.6 is 23.2 Å². The van der Waals surface area contributed by atoms with Crippen LogP contribution in [0.1, 0.15) is 104 Å². The van der Waals surface area contributed by atoms with Crippen molar-refractivity contribution in [3.63, 3.8) is 0 Å². The van der Waals surface area contributed by atoms with Gasteiger partial charge >= 0.3 is 5.97 Å². The maximum absolute atomic E-state index is 14.2. The summed E-state index contributed by atoms with van der Waals surface area (Å²) >= 11 is 11.6. The zero-order valence-electron chi connectivity index (χ0n) is 43.9. The van der Waals surface area contributed by atoms with Crippen LogP contribution in [0.5, 0.6) is 0 Å². The summed E-state index contributed by atoms with van der Waals surface area (Å²) in [6, 6.07) is 27.8. The number of nitrogens with one attached hydrogen (secondary N) is 1. The molecule has 2 aromatic carbocycles. The third kappa shape index (κ3) is 12.4. The van der Waals surface area contributed by atoms with Crippen molar-refractivity contribution >= 4 is 68.9 Å². The zero-order valence-corrected chi connectivity index (χ0v) is 45.4. The van der Waals surface area contributed by atoms with Gasteiger partial charge in [0, 0.05) is 94.4 Å². The van der Waals surface area contributed by atoms with Crippen molar-refractivity contribution in [1.29, 1.82) is 0 Å². The number of furan rings is 2. The molecule has 0 atom stereocenters. The molecule has 0 aliphatic carbocycles. The molecule has 0 unspecified atom stereocenters. The number of benzene rings is 2. The van der Waals surface area contributed by atoms with Crippen molar-refractivity contribution < 1.29 is 35.2 Å². The van der Waals surface area contributed by atoms with E-state index in [9.17, 15) is 18.4 Å². The molecule has 8 aromatic rings. The smallest absolute Gasteiger partial charge is 0.371 e. The number of anilines is 2. The largest absolute Gasteiger partial charge is 0.475 e. The number of aromatic nitrogens is 4. The minimum atomic E-state index is -1.16. The van der Waals surface area contributed by atoms with Crippen molar-refractivity contribution in [3.05, 3.63) is 154 Å². The number of piperazine rings is 2. The number of carboxylic acid groups (broad SMARTS) is 1. The number of carboxylic acids is 1. The van der Waals surface area contributed by atoms with Crippen LogP contribution in [0.2, 0.25) is 10.0 Å². The summed E-state index contributed by atoms with van der Waals surface area (Å²) in [5, 5.41) is 12.7. The summed E-state index contributed by atoms with van der Waals surface area (Å²) in [6.45, 7) is 25.6. The first-order valence-electron chi connectivity index (χ1n) is 24.7. The van der Waals surface area contributed by atoms with Crippen LogP contribution in [0.3, 0.4) is 0 Å². The fraction of sp³-hybridized carbons (Fsp3) is 0.345. The molecule has 75 heavy (non-hydrogen) atoms. The molecule has 8 heterocycles. The molecule has 6 aromatic heterocycles. The number of halogens is 4. The van der Waals surface area contributed by atoms with E-state index in [4.69, 9.17) is 42.1 Å². The summed E-state index contributed by atoms with van der Waals surface area (Å²) < 4.78 is 39.6. The van der Waals surface area contributed by atoms with Gasteiger partial charge in [-0.1, -0.05) is 89.0 Å². The van der Waals surface area contributed by atoms with Gasteiger partial charge in [-0.3, -0.25) is 4.79 Å². The molecule has 1 amide bonds. The van der Waals surface area contributed by atoms with Crippen LogP contribution in [0.25, 0.3) is 44.7 Å². The number of hydrogen-bond acceptors (Lipinski definition) is 11. The van der Waals surface area contributed by atoms with Crippen molar-refractivity contribution in [2.45, 2.75) is 91.1 Å². The van der Waals surface area contributed by atoms with Crippen molar-refractivity contribution in [2.75, 3.05) is 49.1 Å². The van der Waals surface area contributed by atoms with Gasteiger partial charge in [0.1, 0.15) is 34.3 Å². The minimum absolute atomic E-state index is 0. The summed E-state index contributed by atoms with van der Waals surface area (Å²) in [4.78, 5) is 49.3. The molecular weight excluding hydrogens is 998 g/mol. The Morgan fingerprint density at radius 2 is 1.13 bits per heavy atom. The highest BCUT2D eigenvalue weighted by Crippen LogP contribution is 2.38. The second-order valence-corrected chi connectivity index (χ2v) is 22.9. The Morgan fingerprint density at radius 3 is 1.56 bits per heavy atom. The number of amides is 1. The Labute approximate surface area is 448 Å². The SMILES string of the molecule is CC(C)(C)c1cc(-c2ccc(Cl)c(F)c2)nc2cc(C(=O)N3CCN(c4ccccn4)CC3(C)C)oc12.CC(C)(C)c1cc(-c2ccc(Cl)c(F)c2)nc2cc(C(=O)O)oc12.CC1(C)CN(c2ccccn2)CCN1.[HH].[HH]. The predicted octanol–water partition coefficient (Wildman–Crippen LogP) is 13.8. The Hall–Kier alpha value is -6.94. The number of hydrogen-bond donors (Lipinski definition) is 2. The number of aromatic carboxylic acids is 1. The van der Waals surface area contributed by atoms with E-state index in [-0.39, 0.29) is 46.7 Å². The van der Waals surface area contributed by atoms with Gasteiger partial charge in [0.25, 0.3) is 5.91 Å². The summed E-state index contributed by atoms with van der Waals surface area (Å²) in [5.41, 5.74) is 5.09. The Bertz CT molecular complexity index is 3380. The maximum atomic E-state index is 14.2. The van der Waals surface area contributed by atoms with E-state index < -0.39 is 23.1 Å². The number of nitrogens with zero attached hydrogens (tertiary/aromatic N) is 7. The van der Waals surface area contributed by atoms with Gasteiger partial charge in [0.2, 0.25) is 5.76 Å². The molecule has 2 fully saturated rings. The number of carbonyl (C=O) groups is 2. The highest BCUT2D eigenvalue weighted by molar-refractivity contribution is 6.31. The third-order valence-electron chi connectivity index (χ3n) is 13.1. The first-order valence-corrected chi connectivity index (χ1v) is 25.5. The van der Waals surface area contributed by atoms with E-state index in [1.54, 1.807) is 30.5 Å². The molecule has 10 rings (SSSR count). The topological polar surface area (TPSA) is 154 Å². The molecule has 2 saturated heterocycles. The molecule has 13 nitrogen and oxygen atoms in total. The standard InChI is InChI=1S/C29H30ClFN4O2.C18H15ClFNO3.C11H17N3.2H2/c1-28(2,3)19-15-22(18-9-10-20(30)21(31)14-18)33-23-16-24(37-26(19)23)27(36)35-13-12-34(17-29(35,4)5)25-8-6-7-11-32-25;1-18(2,3)10-7-13(9-4-5-11(19)12(20)6-9)21-14-8-15(17(22)23)24-16(10)14;1-11(2)9-14(8-7-13-11)10-5-3-4-6-12-10;;/h6-11,14-16H,12-13,17H2,1-5H3;4-8H,1-3H3,(H,22,23);3-6,13H,7-9H2,1-2H3;2*1H. The van der Waals surface area contributed by atoms with Crippen molar-refractivity contribution in [3.8, 4) is 22.5 Å².